The van der Waals surface area contributed by atoms with E-state index in [1.54, 1.807) is 12.1 Å². The van der Waals surface area contributed by atoms with Crippen LogP contribution < -0.4 is 15.8 Å². The Kier molecular flexibility index (Phi) is 6.68. The molecule has 3 fully saturated rings. The average Bonchev–Trinajstić information content (AvgIpc) is 3.32. The number of nitrogens with one attached hydrogen (secondary N) is 2. The fourth-order valence-electron chi connectivity index (χ4n) is 5.54. The molecule has 0 bridgehead atoms. The molecule has 3 heterocycles. The molecule has 5 rings (SSSR count). The highest BCUT2D eigenvalue weighted by Crippen LogP contribution is 2.36. The van der Waals surface area contributed by atoms with Gasteiger partial charge >= 0.3 is 0 Å². The number of anilines is 1. The van der Waals surface area contributed by atoms with Crippen molar-refractivity contribution in [1.29, 1.82) is 0 Å². The zero-order valence-electron chi connectivity index (χ0n) is 19.9. The Morgan fingerprint density at radius 2 is 1.91 bits per heavy atom. The Bertz CT molecular complexity index is 1090. The number of aromatic amines is 1. The van der Waals surface area contributed by atoms with E-state index in [1.807, 2.05) is 17.9 Å². The number of nitrogens with zero attached hydrogens (tertiary/aromatic N) is 3. The van der Waals surface area contributed by atoms with Crippen molar-refractivity contribution in [3.05, 3.63) is 57.5 Å². The molecule has 1 aliphatic heterocycles. The van der Waals surface area contributed by atoms with Crippen molar-refractivity contribution in [3.8, 4) is 0 Å². The molecule has 182 valence electrons. The molecule has 1 saturated heterocycles. The lowest BCUT2D eigenvalue weighted by molar-refractivity contribution is 0.0910. The van der Waals surface area contributed by atoms with Crippen LogP contribution in [0.3, 0.4) is 0 Å². The molecule has 2 saturated carbocycles. The van der Waals surface area contributed by atoms with Crippen molar-refractivity contribution in [2.24, 2.45) is 0 Å². The van der Waals surface area contributed by atoms with Gasteiger partial charge in [-0.1, -0.05) is 13.0 Å². The van der Waals surface area contributed by atoms with Crippen LogP contribution in [-0.2, 0) is 6.42 Å². The smallest absolute Gasteiger partial charge is 0.270 e. The summed E-state index contributed by atoms with van der Waals surface area (Å²) in [5.74, 6) is -0.474. The Labute approximate surface area is 199 Å². The maximum Gasteiger partial charge on any atom is 0.270 e. The van der Waals surface area contributed by atoms with Gasteiger partial charge in [-0.3, -0.25) is 14.5 Å². The molecule has 0 spiro atoms. The Morgan fingerprint density at radius 3 is 2.56 bits per heavy atom. The average molecular weight is 468 g/mol. The van der Waals surface area contributed by atoms with Crippen LogP contribution in [0, 0.1) is 5.95 Å². The molecule has 2 N–H and O–H groups in total. The number of hydrogen-bond acceptors (Lipinski definition) is 5. The standard InChI is InChI=1S/C26H34FN5O2/c1-2-17-7-9-21(30-25(17)33)18-6-8-20(16-18)31-12-14-32(15-13-31)23-11-10-22(29-24(23)27)26(34)28-19-4-3-5-19/h7,9-11,18-20H,2-6,8,12-16H2,1H3,(H,28,34)(H,30,33). The first-order chi connectivity index (χ1) is 16.5. The van der Waals surface area contributed by atoms with Crippen molar-refractivity contribution in [2.75, 3.05) is 31.1 Å². The normalized spacial score (nSPS) is 23.6. The summed E-state index contributed by atoms with van der Waals surface area (Å²) < 4.78 is 14.8. The number of piperazine rings is 1. The number of amides is 1. The topological polar surface area (TPSA) is 81.3 Å². The number of carbonyl (C=O) groups is 1. The number of carbonyl (C=O) groups excluding carboxylic acids is 1. The second-order valence-electron chi connectivity index (χ2n) is 9.92. The van der Waals surface area contributed by atoms with E-state index in [0.717, 1.165) is 82.4 Å². The Hall–Kier alpha value is -2.74. The highest BCUT2D eigenvalue weighted by Gasteiger charge is 2.33. The Morgan fingerprint density at radius 1 is 1.12 bits per heavy atom. The first-order valence-electron chi connectivity index (χ1n) is 12.7. The van der Waals surface area contributed by atoms with E-state index in [0.29, 0.717) is 17.6 Å². The summed E-state index contributed by atoms with van der Waals surface area (Å²) in [6.45, 7) is 5.20. The van der Waals surface area contributed by atoms with Crippen LogP contribution in [0.25, 0.3) is 0 Å². The molecule has 2 aromatic rings. The SMILES string of the molecule is CCc1ccc(C2CCC(N3CCN(c4ccc(C(=O)NC5CCC5)nc4F)CC3)C2)[nH]c1=O. The molecule has 2 aromatic heterocycles. The van der Waals surface area contributed by atoms with Gasteiger partial charge in [0.1, 0.15) is 5.69 Å². The minimum absolute atomic E-state index is 0.0410. The van der Waals surface area contributed by atoms with Crippen LogP contribution in [0.5, 0.6) is 0 Å². The number of H-pyrrole nitrogens is 1. The fourth-order valence-corrected chi connectivity index (χ4v) is 5.54. The summed E-state index contributed by atoms with van der Waals surface area (Å²) in [7, 11) is 0. The van der Waals surface area contributed by atoms with Crippen LogP contribution in [0.15, 0.2) is 29.1 Å². The fraction of sp³-hybridized carbons (Fsp3) is 0.577. The molecule has 2 unspecified atom stereocenters. The molecule has 0 radical (unpaired) electrons. The molecular formula is C26H34FN5O2. The van der Waals surface area contributed by atoms with E-state index < -0.39 is 5.95 Å². The van der Waals surface area contributed by atoms with Gasteiger partial charge in [0.2, 0.25) is 5.95 Å². The molecule has 1 amide bonds. The molecule has 7 nitrogen and oxygen atoms in total. The van der Waals surface area contributed by atoms with Gasteiger partial charge in [0, 0.05) is 55.4 Å². The summed E-state index contributed by atoms with van der Waals surface area (Å²) in [6, 6.07) is 8.06. The van der Waals surface area contributed by atoms with Crippen LogP contribution in [0.1, 0.15) is 73.1 Å². The number of pyridine rings is 2. The molecule has 8 heteroatoms. The van der Waals surface area contributed by atoms with Gasteiger partial charge in [-0.25, -0.2) is 4.98 Å². The first kappa shape index (κ1) is 23.0. The highest BCUT2D eigenvalue weighted by atomic mass is 19.1. The predicted octanol–water partition coefficient (Wildman–Crippen LogP) is 3.21. The van der Waals surface area contributed by atoms with Crippen LogP contribution >= 0.6 is 0 Å². The van der Waals surface area contributed by atoms with Gasteiger partial charge < -0.3 is 15.2 Å². The van der Waals surface area contributed by atoms with Crippen molar-refractivity contribution in [1.82, 2.24) is 20.2 Å². The van der Waals surface area contributed by atoms with E-state index in [-0.39, 0.29) is 23.2 Å². The number of halogens is 1. The molecule has 2 atom stereocenters. The summed E-state index contributed by atoms with van der Waals surface area (Å²) >= 11 is 0. The molecular weight excluding hydrogens is 433 g/mol. The predicted molar refractivity (Wildman–Crippen MR) is 130 cm³/mol. The zero-order valence-corrected chi connectivity index (χ0v) is 19.9. The van der Waals surface area contributed by atoms with E-state index in [9.17, 15) is 14.0 Å². The van der Waals surface area contributed by atoms with Crippen molar-refractivity contribution in [2.45, 2.75) is 69.9 Å². The van der Waals surface area contributed by atoms with Gasteiger partial charge in [0.15, 0.2) is 0 Å². The monoisotopic (exact) mass is 467 g/mol. The van der Waals surface area contributed by atoms with E-state index in [4.69, 9.17) is 0 Å². The van der Waals surface area contributed by atoms with E-state index in [1.165, 1.54) is 0 Å². The highest BCUT2D eigenvalue weighted by molar-refractivity contribution is 5.92. The summed E-state index contributed by atoms with van der Waals surface area (Å²) in [5.41, 5.74) is 2.55. The minimum Gasteiger partial charge on any atom is -0.365 e. The molecule has 2 aliphatic carbocycles. The largest absolute Gasteiger partial charge is 0.365 e. The lowest BCUT2D eigenvalue weighted by atomic mass is 9.93. The van der Waals surface area contributed by atoms with Crippen molar-refractivity contribution < 1.29 is 9.18 Å². The lowest BCUT2D eigenvalue weighted by Crippen LogP contribution is -2.50. The van der Waals surface area contributed by atoms with Gasteiger partial charge in [0.25, 0.3) is 11.5 Å². The second kappa shape index (κ2) is 9.86. The number of hydrogen-bond donors (Lipinski definition) is 2. The maximum atomic E-state index is 14.8. The van der Waals surface area contributed by atoms with E-state index in [2.05, 4.69) is 26.3 Å². The van der Waals surface area contributed by atoms with Gasteiger partial charge in [-0.2, -0.15) is 4.39 Å². The van der Waals surface area contributed by atoms with Gasteiger partial charge in [0.05, 0.1) is 5.69 Å². The number of aryl methyl sites for hydroxylation is 1. The zero-order chi connectivity index (χ0) is 23.7. The Balaban J connectivity index is 1.15. The molecule has 0 aromatic carbocycles. The first-order valence-corrected chi connectivity index (χ1v) is 12.7. The third-order valence-corrected chi connectivity index (χ3v) is 7.91. The summed E-state index contributed by atoms with van der Waals surface area (Å²) in [4.78, 5) is 36.1. The number of aromatic nitrogens is 2. The number of rotatable bonds is 6. The summed E-state index contributed by atoms with van der Waals surface area (Å²) in [5, 5.41) is 2.91. The molecule has 3 aliphatic rings. The minimum atomic E-state index is -0.574. The van der Waals surface area contributed by atoms with Crippen LogP contribution in [0.4, 0.5) is 10.1 Å². The van der Waals surface area contributed by atoms with E-state index >= 15 is 0 Å². The van der Waals surface area contributed by atoms with Gasteiger partial charge in [-0.15, -0.1) is 0 Å². The third-order valence-electron chi connectivity index (χ3n) is 7.91. The summed E-state index contributed by atoms with van der Waals surface area (Å²) in [6.07, 6.45) is 7.09. The van der Waals surface area contributed by atoms with Crippen LogP contribution in [0.2, 0.25) is 0 Å². The second-order valence-corrected chi connectivity index (χ2v) is 9.92. The quantitative estimate of drug-likeness (QED) is 0.638. The lowest BCUT2D eigenvalue weighted by Gasteiger charge is -2.39. The van der Waals surface area contributed by atoms with Gasteiger partial charge in [-0.05, 0) is 63.1 Å². The maximum absolute atomic E-state index is 14.8. The molecule has 34 heavy (non-hydrogen) atoms. The van der Waals surface area contributed by atoms with Crippen LogP contribution in [-0.4, -0.2) is 59.0 Å². The van der Waals surface area contributed by atoms with Crippen molar-refractivity contribution >= 4 is 11.6 Å². The van der Waals surface area contributed by atoms with Crippen molar-refractivity contribution in [3.63, 3.8) is 0 Å². The third kappa shape index (κ3) is 4.73.